The van der Waals surface area contributed by atoms with Gasteiger partial charge < -0.3 is 10.2 Å². The number of hydrogen-bond acceptors (Lipinski definition) is 4. The Balaban J connectivity index is 0.000000771. The first-order valence-corrected chi connectivity index (χ1v) is 14.9. The van der Waals surface area contributed by atoms with Gasteiger partial charge in [0, 0.05) is 22.5 Å². The van der Waals surface area contributed by atoms with Crippen LogP contribution in [0, 0.1) is 22.7 Å². The van der Waals surface area contributed by atoms with Crippen molar-refractivity contribution in [3.63, 3.8) is 0 Å². The summed E-state index contributed by atoms with van der Waals surface area (Å²) in [6, 6.07) is 10.1. The first-order chi connectivity index (χ1) is 18.2. The predicted octanol–water partition coefficient (Wildman–Crippen LogP) is 8.71. The topological polar surface area (TPSA) is 77.1 Å². The van der Waals surface area contributed by atoms with E-state index < -0.39 is 17.6 Å². The molecule has 2 aliphatic rings. The quantitative estimate of drug-likeness (QED) is 0.391. The molecule has 4 rings (SSSR count). The Kier molecular flexibility index (Phi) is 9.84. The maximum Gasteiger partial charge on any atom is 0.106 e. The van der Waals surface area contributed by atoms with E-state index in [-0.39, 0.29) is 11.3 Å². The van der Waals surface area contributed by atoms with Crippen LogP contribution in [-0.2, 0) is 11.8 Å². The summed E-state index contributed by atoms with van der Waals surface area (Å²) < 4.78 is 0. The van der Waals surface area contributed by atoms with Crippen molar-refractivity contribution in [3.05, 3.63) is 69.5 Å². The van der Waals surface area contributed by atoms with Gasteiger partial charge in [0.05, 0.1) is 17.6 Å². The SMILES string of the molecule is CC(C)c1nc2c(c(C3=CCCC3)c1C(O)c1ccc(C(C)(C)C#N)cc1)C(O)CC(C)(C)C2.CCC(C)C. The second-order valence-corrected chi connectivity index (χ2v) is 13.5. The molecule has 1 aromatic carbocycles. The Morgan fingerprint density at radius 2 is 1.74 bits per heavy atom. The van der Waals surface area contributed by atoms with Gasteiger partial charge in [0.25, 0.3) is 0 Å². The third-order valence-electron chi connectivity index (χ3n) is 8.33. The summed E-state index contributed by atoms with van der Waals surface area (Å²) in [5.74, 6) is 1.02. The van der Waals surface area contributed by atoms with Gasteiger partial charge in [-0.3, -0.25) is 4.98 Å². The maximum atomic E-state index is 11.8. The average Bonchev–Trinajstić information content (AvgIpc) is 3.41. The van der Waals surface area contributed by atoms with Crippen LogP contribution < -0.4 is 0 Å². The molecule has 1 aromatic heterocycles. The number of rotatable bonds is 6. The van der Waals surface area contributed by atoms with Crippen LogP contribution in [0.4, 0.5) is 0 Å². The normalized spacial score (nSPS) is 19.2. The molecule has 0 aliphatic heterocycles. The molecule has 0 saturated heterocycles. The van der Waals surface area contributed by atoms with E-state index in [1.165, 1.54) is 12.0 Å². The van der Waals surface area contributed by atoms with E-state index >= 15 is 0 Å². The molecule has 0 fully saturated rings. The molecule has 2 aliphatic carbocycles. The molecule has 2 atom stereocenters. The van der Waals surface area contributed by atoms with Crippen molar-refractivity contribution < 1.29 is 10.2 Å². The number of hydrogen-bond donors (Lipinski definition) is 2. The van der Waals surface area contributed by atoms with Crippen LogP contribution in [0.15, 0.2) is 30.3 Å². The van der Waals surface area contributed by atoms with Crippen LogP contribution in [0.1, 0.15) is 152 Å². The predicted molar refractivity (Wildman–Crippen MR) is 161 cm³/mol. The molecule has 212 valence electrons. The zero-order valence-corrected chi connectivity index (χ0v) is 25.7. The molecule has 0 spiro atoms. The van der Waals surface area contributed by atoms with Crippen LogP contribution >= 0.6 is 0 Å². The van der Waals surface area contributed by atoms with Crippen LogP contribution in [0.3, 0.4) is 0 Å². The first kappa shape index (κ1) is 31.1. The molecular formula is C35H50N2O2. The fourth-order valence-corrected chi connectivity index (χ4v) is 5.60. The highest BCUT2D eigenvalue weighted by molar-refractivity contribution is 5.75. The van der Waals surface area contributed by atoms with Crippen LogP contribution in [0.5, 0.6) is 0 Å². The number of aromatic nitrogens is 1. The fourth-order valence-electron chi connectivity index (χ4n) is 5.60. The minimum absolute atomic E-state index is 0.0154. The number of allylic oxidation sites excluding steroid dienone is 2. The van der Waals surface area contributed by atoms with E-state index in [0.29, 0.717) is 6.42 Å². The Morgan fingerprint density at radius 3 is 2.23 bits per heavy atom. The lowest BCUT2D eigenvalue weighted by Gasteiger charge is -2.37. The largest absolute Gasteiger partial charge is 0.388 e. The average molecular weight is 531 g/mol. The van der Waals surface area contributed by atoms with E-state index in [1.54, 1.807) is 0 Å². The van der Waals surface area contributed by atoms with Crippen LogP contribution in [0.2, 0.25) is 0 Å². The lowest BCUT2D eigenvalue weighted by atomic mass is 9.71. The van der Waals surface area contributed by atoms with Crippen molar-refractivity contribution in [1.29, 1.82) is 5.26 Å². The number of pyridine rings is 1. The number of benzene rings is 1. The van der Waals surface area contributed by atoms with Gasteiger partial charge in [0.1, 0.15) is 6.10 Å². The zero-order valence-electron chi connectivity index (χ0n) is 25.7. The van der Waals surface area contributed by atoms with Gasteiger partial charge in [0.15, 0.2) is 0 Å². The van der Waals surface area contributed by atoms with Crippen LogP contribution in [-0.4, -0.2) is 15.2 Å². The van der Waals surface area contributed by atoms with Crippen molar-refractivity contribution in [3.8, 4) is 6.07 Å². The zero-order chi connectivity index (χ0) is 29.1. The third kappa shape index (κ3) is 7.00. The number of aliphatic hydroxyl groups excluding tert-OH is 2. The highest BCUT2D eigenvalue weighted by atomic mass is 16.3. The van der Waals surface area contributed by atoms with Crippen molar-refractivity contribution >= 4 is 5.57 Å². The van der Waals surface area contributed by atoms with Gasteiger partial charge >= 0.3 is 0 Å². The third-order valence-corrected chi connectivity index (χ3v) is 8.33. The summed E-state index contributed by atoms with van der Waals surface area (Å²) in [4.78, 5) is 5.12. The highest BCUT2D eigenvalue weighted by Crippen LogP contribution is 2.48. The monoisotopic (exact) mass is 530 g/mol. The lowest BCUT2D eigenvalue weighted by molar-refractivity contribution is 0.0972. The number of nitrogens with zero attached hydrogens (tertiary/aromatic N) is 2. The molecule has 2 N–H and O–H groups in total. The van der Waals surface area contributed by atoms with Crippen molar-refractivity contribution in [2.24, 2.45) is 11.3 Å². The van der Waals surface area contributed by atoms with Gasteiger partial charge in [-0.05, 0) is 85.5 Å². The minimum atomic E-state index is -0.854. The van der Waals surface area contributed by atoms with Gasteiger partial charge in [-0.15, -0.1) is 0 Å². The second-order valence-electron chi connectivity index (χ2n) is 13.5. The van der Waals surface area contributed by atoms with Crippen molar-refractivity contribution in [2.75, 3.05) is 0 Å². The number of nitriles is 1. The van der Waals surface area contributed by atoms with Crippen molar-refractivity contribution in [1.82, 2.24) is 4.98 Å². The smallest absolute Gasteiger partial charge is 0.106 e. The Labute approximate surface area is 237 Å². The van der Waals surface area contributed by atoms with Gasteiger partial charge in [-0.2, -0.15) is 5.26 Å². The molecule has 0 bridgehead atoms. The van der Waals surface area contributed by atoms with Crippen LogP contribution in [0.25, 0.3) is 5.57 Å². The summed E-state index contributed by atoms with van der Waals surface area (Å²) in [7, 11) is 0. The summed E-state index contributed by atoms with van der Waals surface area (Å²) in [5.41, 5.74) is 7.04. The molecule has 4 heteroatoms. The molecular weight excluding hydrogens is 480 g/mol. The summed E-state index contributed by atoms with van der Waals surface area (Å²) in [6.45, 7) is 19.1. The Bertz CT molecular complexity index is 1210. The van der Waals surface area contributed by atoms with E-state index in [9.17, 15) is 15.5 Å². The summed E-state index contributed by atoms with van der Waals surface area (Å²) in [6.07, 6.45) is 6.74. The number of aliphatic hydroxyl groups is 2. The second kappa shape index (κ2) is 12.4. The molecule has 0 saturated carbocycles. The molecule has 0 radical (unpaired) electrons. The fraction of sp³-hybridized carbons (Fsp3) is 0.600. The molecule has 2 unspecified atom stereocenters. The maximum absolute atomic E-state index is 11.8. The van der Waals surface area contributed by atoms with Gasteiger partial charge in [-0.1, -0.05) is 85.2 Å². The minimum Gasteiger partial charge on any atom is -0.388 e. The van der Waals surface area contributed by atoms with E-state index in [0.717, 1.165) is 70.8 Å². The molecule has 39 heavy (non-hydrogen) atoms. The Hall–Kier alpha value is -2.48. The summed E-state index contributed by atoms with van der Waals surface area (Å²) in [5, 5.41) is 32.6. The van der Waals surface area contributed by atoms with Gasteiger partial charge in [-0.25, -0.2) is 0 Å². The lowest BCUT2D eigenvalue weighted by Crippen LogP contribution is -2.29. The molecule has 1 heterocycles. The standard InChI is InChI=1S/C30H38N2O2.C5H12/c1-18(2)27-26(28(34)20-11-13-21(14-12-20)30(5,6)17-31)24(19-9-7-8-10-19)25-22(32-27)15-29(3,4)16-23(25)33;1-4-5(2)3/h9,11-14,18,23,28,33-34H,7-8,10,15-16H2,1-6H3;5H,4H2,1-3H3. The van der Waals surface area contributed by atoms with E-state index in [1.807, 2.05) is 38.1 Å². The van der Waals surface area contributed by atoms with Crippen molar-refractivity contribution in [2.45, 2.75) is 124 Å². The van der Waals surface area contributed by atoms with E-state index in [2.05, 4.69) is 60.6 Å². The van der Waals surface area contributed by atoms with E-state index in [4.69, 9.17) is 4.98 Å². The highest BCUT2D eigenvalue weighted by Gasteiger charge is 2.38. The first-order valence-electron chi connectivity index (χ1n) is 14.9. The Morgan fingerprint density at radius 1 is 1.13 bits per heavy atom. The van der Waals surface area contributed by atoms with Gasteiger partial charge in [0.2, 0.25) is 0 Å². The molecule has 2 aromatic rings. The number of fused-ring (bicyclic) bond motifs is 1. The molecule has 4 nitrogen and oxygen atoms in total. The molecule has 0 amide bonds. The summed E-state index contributed by atoms with van der Waals surface area (Å²) >= 11 is 0.